The number of benzene rings is 3. The number of likely N-dealkylation sites (tertiary alicyclic amines) is 1. The number of nitrogens with one attached hydrogen (secondary N) is 3. The Balaban J connectivity index is 0.779. The summed E-state index contributed by atoms with van der Waals surface area (Å²) in [5.41, 5.74) is 10.2. The van der Waals surface area contributed by atoms with Crippen molar-refractivity contribution in [3.05, 3.63) is 151 Å². The van der Waals surface area contributed by atoms with Crippen molar-refractivity contribution >= 4 is 57.7 Å². The van der Waals surface area contributed by atoms with E-state index in [4.69, 9.17) is 21.3 Å². The van der Waals surface area contributed by atoms with E-state index in [0.29, 0.717) is 41.3 Å². The molecule has 5 heterocycles. The Labute approximate surface area is 445 Å². The van der Waals surface area contributed by atoms with Gasteiger partial charge in [-0.2, -0.15) is 0 Å². The van der Waals surface area contributed by atoms with Crippen LogP contribution >= 0.6 is 34.3 Å². The minimum atomic E-state index is -0.906. The standard InChI is InChI=1S/C57H64ClFN8O5S2/c1-30-34(5)74-56-51(30)52(38-15-17-40(58)18-16-38)64-46(48-27-60-35(6)67(48)56)26-50(70)63-42-23-45(24-42)72-44-21-36(20-41(59)22-44)10-19-49(69)65-54(57(7,8)9)55(71)66-28-43(68)25-47(66)32(3)62-31(2)37-11-13-39(14-12-37)53-33(4)61-29-73-53/h11-18,20-22,27,29,31,42-43,45-47,54,62,68H,3,10,19,23-26,28H2,1-2,4-9H3,(H,63,70)(H,65,69)/t31-,42?,43+,45?,46?,47-,54+/m0/s1. The van der Waals surface area contributed by atoms with Gasteiger partial charge in [-0.05, 0) is 93.0 Å². The molecule has 9 rings (SSSR count). The largest absolute Gasteiger partial charge is 0.490 e. The van der Waals surface area contributed by atoms with Crippen molar-refractivity contribution in [2.24, 2.45) is 10.4 Å². The highest BCUT2D eigenvalue weighted by molar-refractivity contribution is 7.15. The van der Waals surface area contributed by atoms with Crippen LogP contribution in [0.4, 0.5) is 4.39 Å². The zero-order valence-corrected chi connectivity index (χ0v) is 45.5. The Kier molecular flexibility index (Phi) is 15.3. The van der Waals surface area contributed by atoms with Crippen LogP contribution in [0.3, 0.4) is 0 Å². The topological polar surface area (TPSA) is 163 Å². The molecule has 5 atom stereocenters. The van der Waals surface area contributed by atoms with E-state index >= 15 is 4.39 Å². The average Bonchev–Trinajstić information content (AvgIpc) is 4.11. The van der Waals surface area contributed by atoms with Crippen LogP contribution in [0.1, 0.15) is 122 Å². The molecule has 0 spiro atoms. The van der Waals surface area contributed by atoms with Crippen LogP contribution in [0.15, 0.2) is 95.7 Å². The molecule has 6 aromatic rings. The third kappa shape index (κ3) is 11.4. The van der Waals surface area contributed by atoms with Crippen LogP contribution in [-0.4, -0.2) is 84.9 Å². The van der Waals surface area contributed by atoms with Crippen molar-refractivity contribution in [3.8, 4) is 21.2 Å². The summed E-state index contributed by atoms with van der Waals surface area (Å²) in [4.78, 5) is 60.0. The summed E-state index contributed by atoms with van der Waals surface area (Å²) in [7, 11) is 0. The number of hydrogen-bond acceptors (Lipinski definition) is 11. The number of β-amino-alcohol motifs (C(OH)–C–C–N with tert-alkyl or cyclic N) is 1. The lowest BCUT2D eigenvalue weighted by Gasteiger charge is -2.36. The molecule has 13 nitrogen and oxygen atoms in total. The van der Waals surface area contributed by atoms with Gasteiger partial charge < -0.3 is 30.7 Å². The normalized spacial score (nSPS) is 20.1. The lowest BCUT2D eigenvalue weighted by Crippen LogP contribution is -2.56. The van der Waals surface area contributed by atoms with E-state index in [9.17, 15) is 19.5 Å². The van der Waals surface area contributed by atoms with Gasteiger partial charge in [0.05, 0.1) is 52.3 Å². The van der Waals surface area contributed by atoms with E-state index in [0.717, 1.165) is 60.6 Å². The SMILES string of the molecule is C=C(N[C@@H](C)c1ccc(-c2scnc2C)cc1)[C@@H]1C[C@@H](O)CN1C(=O)[C@@H](NC(=O)CCc1cc(F)cc(OC2CC(NC(=O)CC3N=C(c4ccc(Cl)cc4)c4c(sc(C)c4C)-n4c3cnc4C)C2)c1)C(C)(C)C. The number of thiazole rings is 1. The summed E-state index contributed by atoms with van der Waals surface area (Å²) in [6.07, 6.45) is 2.52. The molecule has 1 unspecified atom stereocenters. The number of aliphatic hydroxyl groups excluding tert-OH is 1. The molecular weight excluding hydrogens is 995 g/mol. The van der Waals surface area contributed by atoms with Crippen molar-refractivity contribution in [2.75, 3.05) is 6.54 Å². The first kappa shape index (κ1) is 52.7. The average molecular weight is 1060 g/mol. The molecule has 74 heavy (non-hydrogen) atoms. The fourth-order valence-corrected chi connectivity index (χ4v) is 12.4. The first-order valence-corrected chi connectivity index (χ1v) is 27.3. The monoisotopic (exact) mass is 1060 g/mol. The van der Waals surface area contributed by atoms with Crippen LogP contribution in [0, 0.1) is 38.9 Å². The molecule has 3 amide bonds. The van der Waals surface area contributed by atoms with Crippen molar-refractivity contribution in [1.82, 2.24) is 35.4 Å². The number of fused-ring (bicyclic) bond motifs is 3. The van der Waals surface area contributed by atoms with Gasteiger partial charge in [-0.25, -0.2) is 14.4 Å². The summed E-state index contributed by atoms with van der Waals surface area (Å²) < 4.78 is 23.4. The fraction of sp³-hybridized carbons (Fsp3) is 0.404. The Bertz CT molecular complexity index is 3120. The second kappa shape index (κ2) is 21.6. The van der Waals surface area contributed by atoms with Gasteiger partial charge in [0, 0.05) is 77.1 Å². The third-order valence-corrected chi connectivity index (χ3v) is 16.9. The number of hydrogen-bond donors (Lipinski definition) is 4. The number of aromatic nitrogens is 3. The first-order valence-electron chi connectivity index (χ1n) is 25.2. The van der Waals surface area contributed by atoms with Crippen LogP contribution in [0.5, 0.6) is 5.75 Å². The van der Waals surface area contributed by atoms with Gasteiger partial charge in [-0.1, -0.05) is 75.3 Å². The minimum Gasteiger partial charge on any atom is -0.490 e. The van der Waals surface area contributed by atoms with Crippen molar-refractivity contribution < 1.29 is 28.6 Å². The molecule has 3 aliphatic rings. The van der Waals surface area contributed by atoms with Crippen LogP contribution < -0.4 is 20.7 Å². The number of halogens is 2. The zero-order chi connectivity index (χ0) is 52.7. The van der Waals surface area contributed by atoms with Gasteiger partial charge in [0.15, 0.2) is 0 Å². The molecule has 2 aliphatic heterocycles. The van der Waals surface area contributed by atoms with E-state index in [1.807, 2.05) is 77.5 Å². The lowest BCUT2D eigenvalue weighted by atomic mass is 9.85. The van der Waals surface area contributed by atoms with E-state index in [1.165, 1.54) is 17.0 Å². The van der Waals surface area contributed by atoms with Crippen LogP contribution in [-0.2, 0) is 20.8 Å². The van der Waals surface area contributed by atoms with Crippen LogP contribution in [0.25, 0.3) is 15.4 Å². The van der Waals surface area contributed by atoms with E-state index in [2.05, 4.69) is 75.2 Å². The molecular formula is C57H64ClFN8O5S2. The predicted molar refractivity (Wildman–Crippen MR) is 291 cm³/mol. The molecule has 1 aliphatic carbocycles. The van der Waals surface area contributed by atoms with E-state index in [1.54, 1.807) is 33.6 Å². The Morgan fingerprint density at radius 1 is 0.959 bits per heavy atom. The molecule has 3 aromatic heterocycles. The first-order chi connectivity index (χ1) is 35.2. The summed E-state index contributed by atoms with van der Waals surface area (Å²) in [6, 6.07) is 18.2. The van der Waals surface area contributed by atoms with Gasteiger partial charge in [0.25, 0.3) is 0 Å². The molecule has 17 heteroatoms. The highest BCUT2D eigenvalue weighted by Gasteiger charge is 2.43. The fourth-order valence-electron chi connectivity index (χ4n) is 10.2. The molecule has 4 N–H and O–H groups in total. The molecule has 3 aromatic carbocycles. The highest BCUT2D eigenvalue weighted by atomic mass is 35.5. The van der Waals surface area contributed by atoms with Gasteiger partial charge in [0.1, 0.15) is 40.6 Å². The number of thiophene rings is 1. The Morgan fingerprint density at radius 3 is 2.36 bits per heavy atom. The number of rotatable bonds is 16. The van der Waals surface area contributed by atoms with Crippen molar-refractivity contribution in [2.45, 2.75) is 136 Å². The van der Waals surface area contributed by atoms with Gasteiger partial charge in [0.2, 0.25) is 17.7 Å². The number of carbonyl (C=O) groups excluding carboxylic acids is 3. The van der Waals surface area contributed by atoms with Crippen molar-refractivity contribution in [1.29, 1.82) is 0 Å². The number of aliphatic hydroxyl groups is 1. The molecule has 388 valence electrons. The van der Waals surface area contributed by atoms with Gasteiger partial charge >= 0.3 is 0 Å². The van der Waals surface area contributed by atoms with E-state index < -0.39 is 35.5 Å². The number of imidazole rings is 1. The number of aryl methyl sites for hydroxylation is 4. The Hall–Kier alpha value is -6.20. The maximum Gasteiger partial charge on any atom is 0.246 e. The van der Waals surface area contributed by atoms with Crippen LogP contribution in [0.2, 0.25) is 5.02 Å². The lowest BCUT2D eigenvalue weighted by molar-refractivity contribution is -0.140. The second-order valence-electron chi connectivity index (χ2n) is 21.0. The number of amides is 3. The number of nitrogens with zero attached hydrogens (tertiary/aromatic N) is 5. The zero-order valence-electron chi connectivity index (χ0n) is 43.1. The molecule has 2 fully saturated rings. The number of aliphatic imine (C=N–C) groups is 1. The molecule has 0 radical (unpaired) electrons. The van der Waals surface area contributed by atoms with Gasteiger partial charge in [-0.3, -0.25) is 23.9 Å². The molecule has 1 saturated carbocycles. The van der Waals surface area contributed by atoms with Gasteiger partial charge in [-0.15, -0.1) is 22.7 Å². The predicted octanol–water partition coefficient (Wildman–Crippen LogP) is 10.4. The third-order valence-electron chi connectivity index (χ3n) is 14.4. The molecule has 0 bridgehead atoms. The molecule has 1 saturated heterocycles. The number of ether oxygens (including phenoxy) is 1. The highest BCUT2D eigenvalue weighted by Crippen LogP contribution is 2.41. The summed E-state index contributed by atoms with van der Waals surface area (Å²) in [6.45, 7) is 20.3. The second-order valence-corrected chi connectivity index (χ2v) is 23.5. The number of carbonyl (C=O) groups is 3. The summed E-state index contributed by atoms with van der Waals surface area (Å²) >= 11 is 9.58. The summed E-state index contributed by atoms with van der Waals surface area (Å²) in [5.74, 6) is -0.152. The quantitative estimate of drug-likeness (QED) is 0.0745. The van der Waals surface area contributed by atoms with Crippen molar-refractivity contribution in [3.63, 3.8) is 0 Å². The maximum atomic E-state index is 15.1. The maximum absolute atomic E-state index is 15.1. The summed E-state index contributed by atoms with van der Waals surface area (Å²) in [5, 5.41) is 22.1. The van der Waals surface area contributed by atoms with E-state index in [-0.39, 0.29) is 61.7 Å². The Morgan fingerprint density at radius 2 is 1.68 bits per heavy atom. The minimum absolute atomic E-state index is 0.000460. The smallest absolute Gasteiger partial charge is 0.246 e.